The van der Waals surface area contributed by atoms with Crippen molar-refractivity contribution in [2.75, 3.05) is 0 Å². The van der Waals surface area contributed by atoms with Crippen LogP contribution in [0.5, 0.6) is 0 Å². The summed E-state index contributed by atoms with van der Waals surface area (Å²) in [5, 5.41) is 0. The van der Waals surface area contributed by atoms with Gasteiger partial charge in [0.05, 0.1) is 0 Å². The van der Waals surface area contributed by atoms with Crippen molar-refractivity contribution in [1.29, 1.82) is 0 Å². The first-order chi connectivity index (χ1) is 20.7. The van der Waals surface area contributed by atoms with Crippen molar-refractivity contribution >= 4 is 16.9 Å². The quantitative estimate of drug-likeness (QED) is 0.207. The van der Waals surface area contributed by atoms with E-state index < -0.39 is 0 Å². The smallest absolute Gasteiger partial charge is 0.194 e. The molecule has 0 amide bonds. The van der Waals surface area contributed by atoms with Crippen LogP contribution in [-0.4, -0.2) is 5.78 Å². The molecule has 198 valence electrons. The van der Waals surface area contributed by atoms with Crippen LogP contribution in [0.2, 0.25) is 0 Å². The number of benzene rings is 6. The van der Waals surface area contributed by atoms with Crippen molar-refractivity contribution in [3.8, 4) is 44.5 Å². The van der Waals surface area contributed by atoms with Crippen LogP contribution in [0.15, 0.2) is 170 Å². The van der Waals surface area contributed by atoms with Gasteiger partial charge in [0, 0.05) is 11.1 Å². The monoisotopic (exact) mass is 536 g/mol. The minimum atomic E-state index is 0.0449. The number of carbonyl (C=O) groups excluding carboxylic acids is 1. The number of hydrogen-bond acceptors (Lipinski definition) is 1. The lowest BCUT2D eigenvalue weighted by atomic mass is 9.89. The van der Waals surface area contributed by atoms with E-state index in [9.17, 15) is 4.79 Å². The summed E-state index contributed by atoms with van der Waals surface area (Å²) >= 11 is 0. The topological polar surface area (TPSA) is 17.1 Å². The molecule has 7 rings (SSSR count). The van der Waals surface area contributed by atoms with Gasteiger partial charge in [0.25, 0.3) is 0 Å². The summed E-state index contributed by atoms with van der Waals surface area (Å²) in [6, 6.07) is 54.4. The van der Waals surface area contributed by atoms with E-state index >= 15 is 0 Å². The molecule has 6 aromatic carbocycles. The fourth-order valence-corrected chi connectivity index (χ4v) is 5.67. The van der Waals surface area contributed by atoms with Gasteiger partial charge >= 0.3 is 0 Å². The van der Waals surface area contributed by atoms with Crippen LogP contribution in [0.1, 0.15) is 11.1 Å². The fourth-order valence-electron chi connectivity index (χ4n) is 5.67. The van der Waals surface area contributed by atoms with Crippen LogP contribution in [0, 0.1) is 0 Å². The highest BCUT2D eigenvalue weighted by Gasteiger charge is 2.24. The molecule has 42 heavy (non-hydrogen) atoms. The van der Waals surface area contributed by atoms with Gasteiger partial charge in [-0.05, 0) is 104 Å². The summed E-state index contributed by atoms with van der Waals surface area (Å²) in [6.45, 7) is 0. The molecule has 0 saturated heterocycles. The highest BCUT2D eigenvalue weighted by atomic mass is 16.1. The molecule has 0 atom stereocenters. The van der Waals surface area contributed by atoms with Crippen molar-refractivity contribution in [2.45, 2.75) is 0 Å². The minimum absolute atomic E-state index is 0.0449. The van der Waals surface area contributed by atoms with Crippen LogP contribution in [0.25, 0.3) is 55.7 Å². The predicted octanol–water partition coefficient (Wildman–Crippen LogP) is 10.4. The van der Waals surface area contributed by atoms with E-state index in [-0.39, 0.29) is 5.78 Å². The third-order valence-electron chi connectivity index (χ3n) is 7.82. The highest BCUT2D eigenvalue weighted by Crippen LogP contribution is 2.38. The van der Waals surface area contributed by atoms with Gasteiger partial charge in [-0.2, -0.15) is 0 Å². The Balaban J connectivity index is 1.30. The molecule has 0 saturated carbocycles. The molecule has 0 N–H and O–H groups in total. The number of carbonyl (C=O) groups is 1. The average Bonchev–Trinajstić information content (AvgIpc) is 3.47. The molecule has 0 spiro atoms. The SMILES string of the molecule is O=C1C(c2cc(-c3ccccc3)cc(-c3ccccc3)c2)=CC=C1c1cc(-c2ccccc2)cc(-c2ccccc2)c1. The number of ketones is 1. The zero-order valence-electron chi connectivity index (χ0n) is 23.1. The number of Topliss-reactive ketones (excluding diaryl/α,β-unsaturated/α-hetero) is 1. The van der Waals surface area contributed by atoms with Gasteiger partial charge < -0.3 is 0 Å². The van der Waals surface area contributed by atoms with E-state index in [0.717, 1.165) is 55.6 Å². The summed E-state index contributed by atoms with van der Waals surface area (Å²) < 4.78 is 0. The Kier molecular flexibility index (Phi) is 6.76. The van der Waals surface area contributed by atoms with Crippen molar-refractivity contribution in [1.82, 2.24) is 0 Å². The van der Waals surface area contributed by atoms with Crippen molar-refractivity contribution in [3.05, 3.63) is 181 Å². The lowest BCUT2D eigenvalue weighted by Gasteiger charge is -2.14. The first kappa shape index (κ1) is 25.4. The Labute approximate surface area is 246 Å². The van der Waals surface area contributed by atoms with E-state index in [1.807, 2.05) is 84.9 Å². The van der Waals surface area contributed by atoms with Crippen LogP contribution >= 0.6 is 0 Å². The van der Waals surface area contributed by atoms with Crippen LogP contribution < -0.4 is 0 Å². The van der Waals surface area contributed by atoms with Crippen LogP contribution in [0.3, 0.4) is 0 Å². The third kappa shape index (κ3) is 5.05. The molecule has 0 unspecified atom stereocenters. The maximum atomic E-state index is 14.2. The van der Waals surface area contributed by atoms with E-state index in [1.165, 1.54) is 0 Å². The fraction of sp³-hybridized carbons (Fsp3) is 0. The molecule has 1 heteroatoms. The lowest BCUT2D eigenvalue weighted by Crippen LogP contribution is -2.02. The predicted molar refractivity (Wildman–Crippen MR) is 176 cm³/mol. The first-order valence-electron chi connectivity index (χ1n) is 14.2. The zero-order chi connectivity index (χ0) is 28.3. The molecule has 0 fully saturated rings. The van der Waals surface area contributed by atoms with E-state index in [0.29, 0.717) is 11.1 Å². The molecule has 0 bridgehead atoms. The van der Waals surface area contributed by atoms with Crippen molar-refractivity contribution < 1.29 is 4.79 Å². The first-order valence-corrected chi connectivity index (χ1v) is 14.2. The van der Waals surface area contributed by atoms with E-state index in [2.05, 4.69) is 84.9 Å². The number of hydrogen-bond donors (Lipinski definition) is 0. The Morgan fingerprint density at radius 2 is 0.500 bits per heavy atom. The molecular formula is C41H28O. The Morgan fingerprint density at radius 3 is 0.762 bits per heavy atom. The van der Waals surface area contributed by atoms with Crippen LogP contribution in [0.4, 0.5) is 0 Å². The molecular weight excluding hydrogens is 508 g/mol. The maximum absolute atomic E-state index is 14.2. The highest BCUT2D eigenvalue weighted by molar-refractivity contribution is 6.45. The van der Waals surface area contributed by atoms with Gasteiger partial charge in [-0.1, -0.05) is 121 Å². The van der Waals surface area contributed by atoms with Gasteiger partial charge in [-0.15, -0.1) is 0 Å². The molecule has 0 radical (unpaired) electrons. The largest absolute Gasteiger partial charge is 0.289 e. The molecule has 1 aliphatic rings. The minimum Gasteiger partial charge on any atom is -0.289 e. The average molecular weight is 537 g/mol. The Morgan fingerprint density at radius 1 is 0.262 bits per heavy atom. The molecule has 6 aromatic rings. The summed E-state index contributed by atoms with van der Waals surface area (Å²) in [5.74, 6) is 0.0449. The molecule has 1 nitrogen and oxygen atoms in total. The molecule has 0 heterocycles. The summed E-state index contributed by atoms with van der Waals surface area (Å²) in [5.41, 5.74) is 12.1. The van der Waals surface area contributed by atoms with E-state index in [4.69, 9.17) is 0 Å². The summed E-state index contributed by atoms with van der Waals surface area (Å²) in [6.07, 6.45) is 3.96. The number of allylic oxidation sites excluding steroid dienone is 4. The second-order valence-corrected chi connectivity index (χ2v) is 10.6. The Hall–Kier alpha value is -5.53. The third-order valence-corrected chi connectivity index (χ3v) is 7.82. The standard InChI is InChI=1S/C41H28O/c42-41-39(37-25-33(29-13-5-1-6-14-29)23-34(26-37)30-15-7-2-8-16-30)21-22-40(41)38-27-35(31-17-9-3-10-18-31)24-36(28-38)32-19-11-4-12-20-32/h1-28H. The van der Waals surface area contributed by atoms with Gasteiger partial charge in [-0.25, -0.2) is 0 Å². The van der Waals surface area contributed by atoms with Gasteiger partial charge in [0.15, 0.2) is 5.78 Å². The molecule has 0 aliphatic heterocycles. The van der Waals surface area contributed by atoms with Crippen molar-refractivity contribution in [3.63, 3.8) is 0 Å². The normalized spacial score (nSPS) is 12.6. The number of rotatable bonds is 6. The molecule has 1 aliphatic carbocycles. The van der Waals surface area contributed by atoms with E-state index in [1.54, 1.807) is 0 Å². The summed E-state index contributed by atoms with van der Waals surface area (Å²) in [4.78, 5) is 14.2. The zero-order valence-corrected chi connectivity index (χ0v) is 23.1. The Bertz CT molecular complexity index is 1690. The maximum Gasteiger partial charge on any atom is 0.194 e. The second kappa shape index (κ2) is 11.2. The second-order valence-electron chi connectivity index (χ2n) is 10.6. The van der Waals surface area contributed by atoms with Gasteiger partial charge in [0.2, 0.25) is 0 Å². The van der Waals surface area contributed by atoms with Crippen LogP contribution in [-0.2, 0) is 4.79 Å². The lowest BCUT2D eigenvalue weighted by molar-refractivity contribution is -0.108. The van der Waals surface area contributed by atoms with Crippen molar-refractivity contribution in [2.24, 2.45) is 0 Å². The van der Waals surface area contributed by atoms with Gasteiger partial charge in [-0.3, -0.25) is 4.79 Å². The van der Waals surface area contributed by atoms with Gasteiger partial charge in [0.1, 0.15) is 0 Å². The summed E-state index contributed by atoms with van der Waals surface area (Å²) in [7, 11) is 0. The molecule has 0 aromatic heterocycles.